The summed E-state index contributed by atoms with van der Waals surface area (Å²) >= 11 is 1.31. The number of thiophene rings is 1. The number of nitrogens with zero attached hydrogens (tertiary/aromatic N) is 1. The van der Waals surface area contributed by atoms with Crippen LogP contribution in [0.3, 0.4) is 0 Å². The summed E-state index contributed by atoms with van der Waals surface area (Å²) < 4.78 is 10.1. The summed E-state index contributed by atoms with van der Waals surface area (Å²) in [7, 11) is 3.34. The molecule has 1 heterocycles. The average Bonchev–Trinajstić information content (AvgIpc) is 2.81. The number of rotatable bonds is 9. The maximum Gasteiger partial charge on any atom is 0.345 e. The molecule has 1 aromatic rings. The summed E-state index contributed by atoms with van der Waals surface area (Å²) in [6.07, 6.45) is 0. The standard InChI is InChI=1S/C12H19NO4S/c1-16-7-5-13(6-8-17-2)9-10-3-4-11(18-10)12(14)15/h3-4H,5-9H2,1-2H3,(H,14,15). The molecule has 1 N–H and O–H groups in total. The van der Waals surface area contributed by atoms with Gasteiger partial charge in [-0.2, -0.15) is 0 Å². The lowest BCUT2D eigenvalue weighted by atomic mass is 10.4. The highest BCUT2D eigenvalue weighted by Gasteiger charge is 2.10. The van der Waals surface area contributed by atoms with Gasteiger partial charge in [0.15, 0.2) is 0 Å². The minimum atomic E-state index is -0.869. The van der Waals surface area contributed by atoms with Crippen molar-refractivity contribution in [3.63, 3.8) is 0 Å². The summed E-state index contributed by atoms with van der Waals surface area (Å²) in [5, 5.41) is 8.87. The first-order chi connectivity index (χ1) is 8.67. The number of hydrogen-bond donors (Lipinski definition) is 1. The second-order valence-corrected chi connectivity index (χ2v) is 5.00. The maximum atomic E-state index is 10.8. The lowest BCUT2D eigenvalue weighted by Gasteiger charge is -2.20. The van der Waals surface area contributed by atoms with E-state index in [4.69, 9.17) is 14.6 Å². The quantitative estimate of drug-likeness (QED) is 0.739. The molecule has 1 rings (SSSR count). The largest absolute Gasteiger partial charge is 0.477 e. The van der Waals surface area contributed by atoms with Crippen LogP contribution in [0.25, 0.3) is 0 Å². The summed E-state index contributed by atoms with van der Waals surface area (Å²) in [6, 6.07) is 3.51. The second kappa shape index (κ2) is 8.20. The Morgan fingerprint density at radius 3 is 2.33 bits per heavy atom. The molecule has 0 spiro atoms. The van der Waals surface area contributed by atoms with Crippen LogP contribution in [0.2, 0.25) is 0 Å². The Kier molecular flexibility index (Phi) is 6.89. The van der Waals surface area contributed by atoms with E-state index >= 15 is 0 Å². The van der Waals surface area contributed by atoms with Crippen LogP contribution in [0.15, 0.2) is 12.1 Å². The Balaban J connectivity index is 2.54. The molecule has 6 heteroatoms. The predicted molar refractivity (Wildman–Crippen MR) is 70.3 cm³/mol. The summed E-state index contributed by atoms with van der Waals surface area (Å²) in [5.41, 5.74) is 0. The number of hydrogen-bond acceptors (Lipinski definition) is 5. The zero-order chi connectivity index (χ0) is 13.4. The molecule has 0 aromatic carbocycles. The molecule has 0 unspecified atom stereocenters. The van der Waals surface area contributed by atoms with Gasteiger partial charge in [-0.15, -0.1) is 11.3 Å². The van der Waals surface area contributed by atoms with E-state index in [0.717, 1.165) is 24.5 Å². The van der Waals surface area contributed by atoms with E-state index in [1.54, 1.807) is 20.3 Å². The fourth-order valence-corrected chi connectivity index (χ4v) is 2.40. The highest BCUT2D eigenvalue weighted by Crippen LogP contribution is 2.18. The average molecular weight is 273 g/mol. The molecule has 0 saturated carbocycles. The zero-order valence-electron chi connectivity index (χ0n) is 10.7. The highest BCUT2D eigenvalue weighted by atomic mass is 32.1. The van der Waals surface area contributed by atoms with Crippen molar-refractivity contribution in [1.29, 1.82) is 0 Å². The van der Waals surface area contributed by atoms with Gasteiger partial charge in [0.05, 0.1) is 13.2 Å². The molecule has 18 heavy (non-hydrogen) atoms. The van der Waals surface area contributed by atoms with Crippen molar-refractivity contribution in [2.24, 2.45) is 0 Å². The van der Waals surface area contributed by atoms with Crippen LogP contribution in [0.4, 0.5) is 0 Å². The Morgan fingerprint density at radius 2 is 1.89 bits per heavy atom. The van der Waals surface area contributed by atoms with Crippen molar-refractivity contribution >= 4 is 17.3 Å². The van der Waals surface area contributed by atoms with Gasteiger partial charge in [0.25, 0.3) is 0 Å². The molecule has 0 atom stereocenters. The van der Waals surface area contributed by atoms with Crippen LogP contribution in [-0.2, 0) is 16.0 Å². The molecular weight excluding hydrogens is 254 g/mol. The van der Waals surface area contributed by atoms with Crippen LogP contribution >= 0.6 is 11.3 Å². The monoisotopic (exact) mass is 273 g/mol. The van der Waals surface area contributed by atoms with Crippen LogP contribution in [-0.4, -0.2) is 56.5 Å². The molecule has 1 aromatic heterocycles. The molecule has 0 bridgehead atoms. The van der Waals surface area contributed by atoms with E-state index in [2.05, 4.69) is 4.90 Å². The van der Waals surface area contributed by atoms with E-state index in [1.165, 1.54) is 11.3 Å². The molecule has 0 fully saturated rings. The number of aromatic carboxylic acids is 1. The number of methoxy groups -OCH3 is 2. The fourth-order valence-electron chi connectivity index (χ4n) is 1.51. The van der Waals surface area contributed by atoms with Gasteiger partial charge in [0.1, 0.15) is 4.88 Å². The fraction of sp³-hybridized carbons (Fsp3) is 0.583. The van der Waals surface area contributed by atoms with Crippen LogP contribution < -0.4 is 0 Å². The molecule has 102 valence electrons. The Morgan fingerprint density at radius 1 is 1.28 bits per heavy atom. The van der Waals surface area contributed by atoms with Crippen molar-refractivity contribution in [3.8, 4) is 0 Å². The second-order valence-electron chi connectivity index (χ2n) is 3.83. The first kappa shape index (κ1) is 15.1. The minimum Gasteiger partial charge on any atom is -0.477 e. The molecule has 0 aliphatic rings. The topological polar surface area (TPSA) is 59.0 Å². The predicted octanol–water partition coefficient (Wildman–Crippen LogP) is 1.54. The number of carboxylic acids is 1. The molecular formula is C12H19NO4S. The van der Waals surface area contributed by atoms with Crippen LogP contribution in [0.1, 0.15) is 14.5 Å². The van der Waals surface area contributed by atoms with Gasteiger partial charge in [-0.05, 0) is 12.1 Å². The minimum absolute atomic E-state index is 0.378. The summed E-state index contributed by atoms with van der Waals surface area (Å²) in [4.78, 5) is 14.4. The lowest BCUT2D eigenvalue weighted by molar-refractivity contribution is 0.0702. The van der Waals surface area contributed by atoms with Gasteiger partial charge in [0, 0.05) is 38.7 Å². The molecule has 5 nitrogen and oxygen atoms in total. The molecule has 0 saturated heterocycles. The third kappa shape index (κ3) is 5.14. The van der Waals surface area contributed by atoms with Crippen molar-refractivity contribution in [2.45, 2.75) is 6.54 Å². The van der Waals surface area contributed by atoms with Gasteiger partial charge in [-0.3, -0.25) is 4.90 Å². The third-order valence-corrected chi connectivity index (χ3v) is 3.53. The lowest BCUT2D eigenvalue weighted by Crippen LogP contribution is -2.29. The maximum absolute atomic E-state index is 10.8. The molecule has 0 aliphatic carbocycles. The van der Waals surface area contributed by atoms with Gasteiger partial charge in [0.2, 0.25) is 0 Å². The van der Waals surface area contributed by atoms with Crippen molar-refractivity contribution in [1.82, 2.24) is 4.90 Å². The van der Waals surface area contributed by atoms with E-state index in [1.807, 2.05) is 6.07 Å². The third-order valence-electron chi connectivity index (χ3n) is 2.48. The highest BCUT2D eigenvalue weighted by molar-refractivity contribution is 7.13. The first-order valence-electron chi connectivity index (χ1n) is 5.69. The smallest absolute Gasteiger partial charge is 0.345 e. The first-order valence-corrected chi connectivity index (χ1v) is 6.51. The van der Waals surface area contributed by atoms with Crippen molar-refractivity contribution in [2.75, 3.05) is 40.5 Å². The van der Waals surface area contributed by atoms with Gasteiger partial charge in [-0.1, -0.05) is 0 Å². The SMILES string of the molecule is COCCN(CCOC)Cc1ccc(C(=O)O)s1. The van der Waals surface area contributed by atoms with Gasteiger partial charge < -0.3 is 14.6 Å². The Labute approximate surface area is 111 Å². The Bertz CT molecular complexity index is 359. The molecule has 0 amide bonds. The number of carbonyl (C=O) groups is 1. The van der Waals surface area contributed by atoms with Gasteiger partial charge >= 0.3 is 5.97 Å². The van der Waals surface area contributed by atoms with E-state index in [0.29, 0.717) is 18.1 Å². The zero-order valence-corrected chi connectivity index (χ0v) is 11.5. The number of carboxylic acid groups (broad SMARTS) is 1. The van der Waals surface area contributed by atoms with Crippen molar-refractivity contribution in [3.05, 3.63) is 21.9 Å². The van der Waals surface area contributed by atoms with E-state index in [9.17, 15) is 4.79 Å². The Hall–Kier alpha value is -0.950. The number of ether oxygens (including phenoxy) is 2. The molecule has 0 aliphatic heterocycles. The molecule has 0 radical (unpaired) electrons. The summed E-state index contributed by atoms with van der Waals surface area (Å²) in [5.74, 6) is -0.869. The normalized spacial score (nSPS) is 11.1. The van der Waals surface area contributed by atoms with E-state index < -0.39 is 5.97 Å². The van der Waals surface area contributed by atoms with Crippen LogP contribution in [0, 0.1) is 0 Å². The van der Waals surface area contributed by atoms with Crippen molar-refractivity contribution < 1.29 is 19.4 Å². The van der Waals surface area contributed by atoms with Crippen LogP contribution in [0.5, 0.6) is 0 Å². The van der Waals surface area contributed by atoms with E-state index in [-0.39, 0.29) is 0 Å². The van der Waals surface area contributed by atoms with Gasteiger partial charge in [-0.25, -0.2) is 4.79 Å². The summed E-state index contributed by atoms with van der Waals surface area (Å²) in [6.45, 7) is 3.65.